The van der Waals surface area contributed by atoms with Gasteiger partial charge in [0, 0.05) is 23.2 Å². The Morgan fingerprint density at radius 3 is 2.52 bits per heavy atom. The number of ether oxygens (including phenoxy) is 1. The van der Waals surface area contributed by atoms with Crippen LogP contribution in [0.1, 0.15) is 24.1 Å². The summed E-state index contributed by atoms with van der Waals surface area (Å²) in [6.07, 6.45) is 0. The van der Waals surface area contributed by atoms with Crippen LogP contribution in [0.3, 0.4) is 0 Å². The number of nitrogens with one attached hydrogen (secondary N) is 1. The Hall–Kier alpha value is -1.65. The van der Waals surface area contributed by atoms with E-state index in [1.807, 2.05) is 6.92 Å². The maximum Gasteiger partial charge on any atom is 0.165 e. The lowest BCUT2D eigenvalue weighted by atomic mass is 10.1. The molecule has 2 nitrogen and oxygen atoms in total. The molecule has 112 valence electrons. The highest BCUT2D eigenvalue weighted by Crippen LogP contribution is 2.22. The molecular weight excluding hydrogens is 296 g/mol. The van der Waals surface area contributed by atoms with Gasteiger partial charge in [0.1, 0.15) is 5.82 Å². The Kier molecular flexibility index (Phi) is 5.15. The molecule has 0 aliphatic carbocycles. The molecule has 0 spiro atoms. The van der Waals surface area contributed by atoms with Crippen molar-refractivity contribution in [3.05, 3.63) is 64.2 Å². The van der Waals surface area contributed by atoms with E-state index in [1.165, 1.54) is 19.2 Å². The van der Waals surface area contributed by atoms with Crippen molar-refractivity contribution in [2.45, 2.75) is 19.5 Å². The van der Waals surface area contributed by atoms with Crippen molar-refractivity contribution < 1.29 is 13.5 Å². The first kappa shape index (κ1) is 15.7. The highest BCUT2D eigenvalue weighted by Gasteiger charge is 2.10. The highest BCUT2D eigenvalue weighted by molar-refractivity contribution is 6.30. The summed E-state index contributed by atoms with van der Waals surface area (Å²) in [5, 5.41) is 3.51. The summed E-state index contributed by atoms with van der Waals surface area (Å²) >= 11 is 5.71. The first-order chi connectivity index (χ1) is 10.0. The Morgan fingerprint density at radius 2 is 1.90 bits per heavy atom. The molecule has 0 aromatic heterocycles. The minimum Gasteiger partial charge on any atom is -0.494 e. The van der Waals surface area contributed by atoms with E-state index in [-0.39, 0.29) is 17.6 Å². The first-order valence-corrected chi connectivity index (χ1v) is 6.90. The molecule has 1 N–H and O–H groups in total. The molecule has 2 rings (SSSR count). The molecule has 0 aliphatic rings. The Balaban J connectivity index is 2.04. The van der Waals surface area contributed by atoms with Crippen molar-refractivity contribution in [2.75, 3.05) is 7.11 Å². The predicted molar refractivity (Wildman–Crippen MR) is 79.6 cm³/mol. The zero-order valence-corrected chi connectivity index (χ0v) is 12.5. The third-order valence-corrected chi connectivity index (χ3v) is 3.52. The SMILES string of the molecule is COc1ccc(C(C)NCc2ccc(Cl)cc2F)cc1F. The summed E-state index contributed by atoms with van der Waals surface area (Å²) in [7, 11) is 1.42. The molecule has 21 heavy (non-hydrogen) atoms. The predicted octanol–water partition coefficient (Wildman–Crippen LogP) is 4.48. The molecular formula is C16H16ClF2NO. The largest absolute Gasteiger partial charge is 0.494 e. The van der Waals surface area contributed by atoms with Crippen molar-refractivity contribution >= 4 is 11.6 Å². The van der Waals surface area contributed by atoms with Gasteiger partial charge in [0.15, 0.2) is 11.6 Å². The van der Waals surface area contributed by atoms with Crippen LogP contribution >= 0.6 is 11.6 Å². The molecule has 0 aliphatic heterocycles. The molecule has 0 radical (unpaired) electrons. The van der Waals surface area contributed by atoms with E-state index in [9.17, 15) is 8.78 Å². The number of rotatable bonds is 5. The van der Waals surface area contributed by atoms with Gasteiger partial charge in [0.2, 0.25) is 0 Å². The standard InChI is InChI=1S/C16H16ClF2NO/c1-10(11-4-6-16(21-2)15(19)7-11)20-9-12-3-5-13(17)8-14(12)18/h3-8,10,20H,9H2,1-2H3. The van der Waals surface area contributed by atoms with Crippen molar-refractivity contribution in [2.24, 2.45) is 0 Å². The second-order valence-electron chi connectivity index (χ2n) is 4.73. The second-order valence-corrected chi connectivity index (χ2v) is 5.17. The number of halogens is 3. The third kappa shape index (κ3) is 3.93. The van der Waals surface area contributed by atoms with E-state index in [0.717, 1.165) is 5.56 Å². The van der Waals surface area contributed by atoms with Gasteiger partial charge in [-0.05, 0) is 36.8 Å². The highest BCUT2D eigenvalue weighted by atomic mass is 35.5. The van der Waals surface area contributed by atoms with Gasteiger partial charge in [-0.3, -0.25) is 0 Å². The normalized spacial score (nSPS) is 12.2. The van der Waals surface area contributed by atoms with Crippen molar-refractivity contribution in [1.82, 2.24) is 5.32 Å². The number of hydrogen-bond donors (Lipinski definition) is 1. The maximum atomic E-state index is 13.7. The Labute approximate surface area is 127 Å². The molecule has 0 fully saturated rings. The molecule has 0 saturated carbocycles. The van der Waals surface area contributed by atoms with E-state index < -0.39 is 5.82 Å². The summed E-state index contributed by atoms with van der Waals surface area (Å²) in [5.41, 5.74) is 1.28. The third-order valence-electron chi connectivity index (χ3n) is 3.29. The van der Waals surface area contributed by atoms with Crippen LogP contribution in [0.5, 0.6) is 5.75 Å². The number of hydrogen-bond acceptors (Lipinski definition) is 2. The fraction of sp³-hybridized carbons (Fsp3) is 0.250. The molecule has 0 bridgehead atoms. The molecule has 2 aromatic rings. The lowest BCUT2D eigenvalue weighted by molar-refractivity contribution is 0.385. The van der Waals surface area contributed by atoms with Gasteiger partial charge in [0.05, 0.1) is 7.11 Å². The molecule has 0 saturated heterocycles. The fourth-order valence-electron chi connectivity index (χ4n) is 2.00. The first-order valence-electron chi connectivity index (χ1n) is 6.52. The van der Waals surface area contributed by atoms with Crippen LogP contribution in [-0.2, 0) is 6.54 Å². The van der Waals surface area contributed by atoms with Crippen LogP contribution < -0.4 is 10.1 Å². The molecule has 0 amide bonds. The molecule has 2 aromatic carbocycles. The van der Waals surface area contributed by atoms with Crippen LogP contribution in [-0.4, -0.2) is 7.11 Å². The van der Waals surface area contributed by atoms with Gasteiger partial charge in [-0.2, -0.15) is 0 Å². The molecule has 0 heterocycles. The van der Waals surface area contributed by atoms with E-state index in [2.05, 4.69) is 5.32 Å². The van der Waals surface area contributed by atoms with Crippen LogP contribution in [0.15, 0.2) is 36.4 Å². The lowest BCUT2D eigenvalue weighted by Gasteiger charge is -2.15. The van der Waals surface area contributed by atoms with E-state index in [0.29, 0.717) is 17.1 Å². The fourth-order valence-corrected chi connectivity index (χ4v) is 2.16. The van der Waals surface area contributed by atoms with Gasteiger partial charge < -0.3 is 10.1 Å². The average Bonchev–Trinajstić information content (AvgIpc) is 2.46. The van der Waals surface area contributed by atoms with Gasteiger partial charge in [-0.25, -0.2) is 8.78 Å². The summed E-state index contributed by atoms with van der Waals surface area (Å²) < 4.78 is 32.2. The van der Waals surface area contributed by atoms with Crippen LogP contribution in [0, 0.1) is 11.6 Å². The van der Waals surface area contributed by atoms with E-state index >= 15 is 0 Å². The van der Waals surface area contributed by atoms with Crippen LogP contribution in [0.4, 0.5) is 8.78 Å². The van der Waals surface area contributed by atoms with Crippen LogP contribution in [0.2, 0.25) is 5.02 Å². The number of methoxy groups -OCH3 is 1. The van der Waals surface area contributed by atoms with E-state index in [4.69, 9.17) is 16.3 Å². The van der Waals surface area contributed by atoms with E-state index in [1.54, 1.807) is 24.3 Å². The second kappa shape index (κ2) is 6.87. The lowest BCUT2D eigenvalue weighted by Crippen LogP contribution is -2.19. The van der Waals surface area contributed by atoms with Gasteiger partial charge in [-0.1, -0.05) is 23.7 Å². The zero-order valence-electron chi connectivity index (χ0n) is 11.8. The molecule has 1 unspecified atom stereocenters. The van der Waals surface area contributed by atoms with Gasteiger partial charge in [-0.15, -0.1) is 0 Å². The maximum absolute atomic E-state index is 13.7. The van der Waals surface area contributed by atoms with Gasteiger partial charge in [0.25, 0.3) is 0 Å². The Bertz CT molecular complexity index is 634. The summed E-state index contributed by atoms with van der Waals surface area (Å²) in [4.78, 5) is 0. The zero-order chi connectivity index (χ0) is 15.4. The Morgan fingerprint density at radius 1 is 1.14 bits per heavy atom. The average molecular weight is 312 g/mol. The minimum absolute atomic E-state index is 0.125. The van der Waals surface area contributed by atoms with Crippen molar-refractivity contribution in [3.8, 4) is 5.75 Å². The summed E-state index contributed by atoms with van der Waals surface area (Å²) in [5.74, 6) is -0.570. The topological polar surface area (TPSA) is 21.3 Å². The number of benzene rings is 2. The molecule has 1 atom stereocenters. The smallest absolute Gasteiger partial charge is 0.165 e. The quantitative estimate of drug-likeness (QED) is 0.879. The van der Waals surface area contributed by atoms with Gasteiger partial charge >= 0.3 is 0 Å². The monoisotopic (exact) mass is 311 g/mol. The van der Waals surface area contributed by atoms with Crippen molar-refractivity contribution in [1.29, 1.82) is 0 Å². The minimum atomic E-state index is -0.415. The molecule has 5 heteroatoms. The summed E-state index contributed by atoms with van der Waals surface area (Å²) in [6, 6.07) is 9.18. The van der Waals surface area contributed by atoms with Crippen molar-refractivity contribution in [3.63, 3.8) is 0 Å². The summed E-state index contributed by atoms with van der Waals surface area (Å²) in [6.45, 7) is 2.22. The van der Waals surface area contributed by atoms with Crippen LogP contribution in [0.25, 0.3) is 0 Å².